The van der Waals surface area contributed by atoms with Gasteiger partial charge in [-0.1, -0.05) is 6.08 Å². The molecule has 0 N–H and O–H groups in total. The second-order valence-corrected chi connectivity index (χ2v) is 8.82. The monoisotopic (exact) mass is 399 g/mol. The molecule has 138 valence electrons. The van der Waals surface area contributed by atoms with Gasteiger partial charge in [0.1, 0.15) is 11.3 Å². The van der Waals surface area contributed by atoms with Gasteiger partial charge in [-0.15, -0.1) is 11.3 Å². The highest BCUT2D eigenvalue weighted by atomic mass is 32.2. The summed E-state index contributed by atoms with van der Waals surface area (Å²) in [6.45, 7) is 1.93. The Morgan fingerprint density at radius 3 is 2.81 bits per heavy atom. The van der Waals surface area contributed by atoms with Crippen molar-refractivity contribution in [2.75, 3.05) is 13.3 Å². The lowest BCUT2D eigenvalue weighted by atomic mass is 10.1. The Hall–Kier alpha value is -2.78. The Morgan fingerprint density at radius 1 is 1.30 bits per heavy atom. The van der Waals surface area contributed by atoms with E-state index in [0.717, 1.165) is 27.6 Å². The highest BCUT2D eigenvalue weighted by molar-refractivity contribution is 7.90. The summed E-state index contributed by atoms with van der Waals surface area (Å²) in [6.07, 6.45) is 10.1. The standard InChI is InChI=1S/C18H17N5O2S2/c1-4-5-13(19-2)16-17(22-8-9-26-18(22)21-16)12-6-7-14-20-10-15(23(14)11-12)27(3,24)25/h4-11H,1-3H3/b5-4-,19-13+. The van der Waals surface area contributed by atoms with Crippen molar-refractivity contribution in [2.45, 2.75) is 11.9 Å². The molecule has 27 heavy (non-hydrogen) atoms. The van der Waals surface area contributed by atoms with Gasteiger partial charge in [-0.25, -0.2) is 18.4 Å². The molecule has 0 aliphatic carbocycles. The predicted molar refractivity (Wildman–Crippen MR) is 108 cm³/mol. The van der Waals surface area contributed by atoms with E-state index in [1.807, 2.05) is 41.1 Å². The third kappa shape index (κ3) is 2.88. The number of aromatic nitrogens is 4. The van der Waals surface area contributed by atoms with Gasteiger partial charge in [0.15, 0.2) is 19.8 Å². The summed E-state index contributed by atoms with van der Waals surface area (Å²) in [5.74, 6) is 0. The van der Waals surface area contributed by atoms with Crippen molar-refractivity contribution >= 4 is 37.5 Å². The van der Waals surface area contributed by atoms with Crippen molar-refractivity contribution < 1.29 is 8.42 Å². The van der Waals surface area contributed by atoms with E-state index in [4.69, 9.17) is 4.98 Å². The maximum absolute atomic E-state index is 12.1. The number of nitrogens with zero attached hydrogens (tertiary/aromatic N) is 5. The number of aliphatic imine (C=N–C) groups is 1. The molecule has 0 atom stereocenters. The minimum Gasteiger partial charge on any atom is -0.290 e. The third-order valence-corrected chi connectivity index (χ3v) is 6.01. The Morgan fingerprint density at radius 2 is 2.11 bits per heavy atom. The molecule has 0 unspecified atom stereocenters. The van der Waals surface area contributed by atoms with Gasteiger partial charge in [-0.3, -0.25) is 13.8 Å². The molecule has 4 rings (SSSR count). The average molecular weight is 400 g/mol. The molecule has 4 aromatic heterocycles. The molecule has 0 bridgehead atoms. The molecule has 9 heteroatoms. The fraction of sp³-hybridized carbons (Fsp3) is 0.167. The molecule has 0 aliphatic rings. The highest BCUT2D eigenvalue weighted by Gasteiger charge is 2.20. The van der Waals surface area contributed by atoms with Crippen molar-refractivity contribution in [3.8, 4) is 11.3 Å². The first kappa shape index (κ1) is 17.6. The Labute approximate surface area is 160 Å². The lowest BCUT2D eigenvalue weighted by molar-refractivity contribution is 0.597. The normalized spacial score (nSPS) is 13.4. The SMILES string of the molecule is C/C=C\C(=N/C)c1nc2sccn2c1-c1ccc2ncc(S(C)(=O)=O)n2c1. The Balaban J connectivity index is 2.03. The van der Waals surface area contributed by atoms with Crippen LogP contribution in [0.5, 0.6) is 0 Å². The minimum absolute atomic E-state index is 0.157. The molecule has 0 aliphatic heterocycles. The molecule has 4 aromatic rings. The number of hydrogen-bond acceptors (Lipinski definition) is 6. The third-order valence-electron chi connectivity index (χ3n) is 4.20. The number of thiazole rings is 1. The first-order valence-corrected chi connectivity index (χ1v) is 10.9. The summed E-state index contributed by atoms with van der Waals surface area (Å²) < 4.78 is 27.7. The van der Waals surface area contributed by atoms with E-state index in [2.05, 4.69) is 9.98 Å². The van der Waals surface area contributed by atoms with E-state index in [-0.39, 0.29) is 5.03 Å². The highest BCUT2D eigenvalue weighted by Crippen LogP contribution is 2.29. The van der Waals surface area contributed by atoms with Gasteiger partial charge >= 0.3 is 0 Å². The van der Waals surface area contributed by atoms with Crippen LogP contribution >= 0.6 is 11.3 Å². The van der Waals surface area contributed by atoms with E-state index in [9.17, 15) is 8.42 Å². The number of pyridine rings is 1. The maximum Gasteiger partial charge on any atom is 0.194 e. The number of fused-ring (bicyclic) bond motifs is 2. The molecular formula is C18H17N5O2S2. The van der Waals surface area contributed by atoms with Crippen LogP contribution in [0.2, 0.25) is 0 Å². The van der Waals surface area contributed by atoms with E-state index >= 15 is 0 Å². The van der Waals surface area contributed by atoms with Crippen LogP contribution in [-0.2, 0) is 9.84 Å². The summed E-state index contributed by atoms with van der Waals surface area (Å²) in [7, 11) is -1.67. The summed E-state index contributed by atoms with van der Waals surface area (Å²) in [5.41, 5.74) is 3.78. The molecule has 0 spiro atoms. The van der Waals surface area contributed by atoms with Gasteiger partial charge in [0.05, 0.1) is 17.6 Å². The van der Waals surface area contributed by atoms with Crippen molar-refractivity contribution in [2.24, 2.45) is 4.99 Å². The van der Waals surface area contributed by atoms with Crippen LogP contribution in [0.3, 0.4) is 0 Å². The van der Waals surface area contributed by atoms with Crippen LogP contribution in [0.1, 0.15) is 12.6 Å². The van der Waals surface area contributed by atoms with Crippen LogP contribution in [0, 0.1) is 0 Å². The molecule has 0 amide bonds. The van der Waals surface area contributed by atoms with Gasteiger partial charge in [-0.05, 0) is 25.1 Å². The summed E-state index contributed by atoms with van der Waals surface area (Å²) in [5, 5.41) is 2.12. The molecule has 0 aromatic carbocycles. The number of rotatable bonds is 4. The van der Waals surface area contributed by atoms with Gasteiger partial charge in [-0.2, -0.15) is 0 Å². The first-order chi connectivity index (χ1) is 12.9. The lowest BCUT2D eigenvalue weighted by Crippen LogP contribution is -2.04. The zero-order valence-corrected chi connectivity index (χ0v) is 16.6. The smallest absolute Gasteiger partial charge is 0.194 e. The van der Waals surface area contributed by atoms with Crippen molar-refractivity contribution in [3.63, 3.8) is 0 Å². The van der Waals surface area contributed by atoms with Crippen molar-refractivity contribution in [1.82, 2.24) is 18.8 Å². The van der Waals surface area contributed by atoms with Crippen LogP contribution in [-0.4, -0.2) is 46.2 Å². The topological polar surface area (TPSA) is 81.1 Å². The fourth-order valence-corrected chi connectivity index (χ4v) is 4.49. The van der Waals surface area contributed by atoms with Crippen molar-refractivity contribution in [3.05, 3.63) is 53.9 Å². The Kier molecular flexibility index (Phi) is 4.20. The van der Waals surface area contributed by atoms with Crippen LogP contribution < -0.4 is 0 Å². The molecule has 0 saturated carbocycles. The second-order valence-electron chi connectivity index (χ2n) is 5.99. The first-order valence-electron chi connectivity index (χ1n) is 8.17. The number of hydrogen-bond donors (Lipinski definition) is 0. The molecular weight excluding hydrogens is 382 g/mol. The number of imidazole rings is 2. The van der Waals surface area contributed by atoms with E-state index in [0.29, 0.717) is 5.65 Å². The van der Waals surface area contributed by atoms with Gasteiger partial charge in [0.25, 0.3) is 0 Å². The average Bonchev–Trinajstić information content (AvgIpc) is 3.31. The molecule has 7 nitrogen and oxygen atoms in total. The fourth-order valence-electron chi connectivity index (χ4n) is 3.03. The summed E-state index contributed by atoms with van der Waals surface area (Å²) >= 11 is 1.53. The molecule has 0 radical (unpaired) electrons. The maximum atomic E-state index is 12.1. The summed E-state index contributed by atoms with van der Waals surface area (Å²) in [4.78, 5) is 14.1. The lowest BCUT2D eigenvalue weighted by Gasteiger charge is -2.07. The van der Waals surface area contributed by atoms with Gasteiger partial charge < -0.3 is 0 Å². The quantitative estimate of drug-likeness (QED) is 0.494. The molecule has 0 fully saturated rings. The van der Waals surface area contributed by atoms with Crippen LogP contribution in [0.25, 0.3) is 21.9 Å². The van der Waals surface area contributed by atoms with Gasteiger partial charge in [0, 0.05) is 36.6 Å². The summed E-state index contributed by atoms with van der Waals surface area (Å²) in [6, 6.07) is 3.72. The Bertz CT molecular complexity index is 1320. The molecule has 4 heterocycles. The van der Waals surface area contributed by atoms with Crippen molar-refractivity contribution in [1.29, 1.82) is 0 Å². The van der Waals surface area contributed by atoms with Crippen LogP contribution in [0.4, 0.5) is 0 Å². The number of allylic oxidation sites excluding steroid dienone is 2. The van der Waals surface area contributed by atoms with Gasteiger partial charge in [0.2, 0.25) is 0 Å². The second kappa shape index (κ2) is 6.43. The van der Waals surface area contributed by atoms with E-state index in [1.54, 1.807) is 23.7 Å². The van der Waals surface area contributed by atoms with E-state index < -0.39 is 9.84 Å². The minimum atomic E-state index is -3.40. The largest absolute Gasteiger partial charge is 0.290 e. The van der Waals surface area contributed by atoms with E-state index in [1.165, 1.54) is 23.8 Å². The number of sulfone groups is 1. The molecule has 0 saturated heterocycles. The van der Waals surface area contributed by atoms with Crippen LogP contribution in [0.15, 0.2) is 58.3 Å². The zero-order valence-electron chi connectivity index (χ0n) is 15.0. The zero-order chi connectivity index (χ0) is 19.2. The predicted octanol–water partition coefficient (Wildman–Crippen LogP) is 3.11.